The van der Waals surface area contributed by atoms with Crippen molar-refractivity contribution in [2.24, 2.45) is 11.7 Å². The van der Waals surface area contributed by atoms with Crippen LogP contribution in [-0.4, -0.2) is 19.3 Å². The normalized spacial score (nSPS) is 31.6. The third kappa shape index (κ3) is 2.35. The van der Waals surface area contributed by atoms with Crippen LogP contribution in [0.5, 0.6) is 5.75 Å². The van der Waals surface area contributed by atoms with E-state index in [0.717, 1.165) is 37.4 Å². The van der Waals surface area contributed by atoms with E-state index in [0.29, 0.717) is 10.9 Å². The number of hydrogen-bond acceptors (Lipinski definition) is 3. The van der Waals surface area contributed by atoms with Gasteiger partial charge < -0.3 is 15.2 Å². The fourth-order valence-electron chi connectivity index (χ4n) is 2.85. The third-order valence-electron chi connectivity index (χ3n) is 3.86. The molecule has 1 saturated heterocycles. The van der Waals surface area contributed by atoms with Crippen molar-refractivity contribution in [2.75, 3.05) is 13.2 Å². The summed E-state index contributed by atoms with van der Waals surface area (Å²) >= 11 is 6.00. The van der Waals surface area contributed by atoms with E-state index in [1.54, 1.807) is 0 Å². The Morgan fingerprint density at radius 2 is 2.22 bits per heavy atom. The molecular weight excluding hydrogens is 250 g/mol. The van der Waals surface area contributed by atoms with Gasteiger partial charge in [-0.3, -0.25) is 0 Å². The maximum Gasteiger partial charge on any atom is 0.124 e. The molecule has 2 heterocycles. The Labute approximate surface area is 112 Å². The molecule has 1 aromatic rings. The fraction of sp³-hybridized carbons (Fsp3) is 0.571. The summed E-state index contributed by atoms with van der Waals surface area (Å²) in [4.78, 5) is 0. The molecular formula is C14H18ClNO2. The van der Waals surface area contributed by atoms with Gasteiger partial charge in [-0.1, -0.05) is 11.6 Å². The Hall–Kier alpha value is -0.770. The Bertz CT molecular complexity index is 432. The molecule has 0 amide bonds. The number of rotatable bonds is 1. The highest BCUT2D eigenvalue weighted by Gasteiger charge is 2.32. The van der Waals surface area contributed by atoms with Gasteiger partial charge in [0.2, 0.25) is 0 Å². The summed E-state index contributed by atoms with van der Waals surface area (Å²) in [6.07, 6.45) is 3.31. The first kappa shape index (κ1) is 12.3. The van der Waals surface area contributed by atoms with Crippen molar-refractivity contribution < 1.29 is 9.47 Å². The lowest BCUT2D eigenvalue weighted by atomic mass is 9.87. The predicted octanol–water partition coefficient (Wildman–Crippen LogP) is 2.92. The molecule has 0 radical (unpaired) electrons. The largest absolute Gasteiger partial charge is 0.490 e. The Balaban J connectivity index is 1.80. The summed E-state index contributed by atoms with van der Waals surface area (Å²) in [7, 11) is 0. The van der Waals surface area contributed by atoms with E-state index in [-0.39, 0.29) is 12.1 Å². The van der Waals surface area contributed by atoms with E-state index in [9.17, 15) is 0 Å². The molecule has 3 nitrogen and oxygen atoms in total. The molecule has 2 aliphatic rings. The highest BCUT2D eigenvalue weighted by Crippen LogP contribution is 2.38. The van der Waals surface area contributed by atoms with E-state index in [1.807, 2.05) is 18.2 Å². The van der Waals surface area contributed by atoms with Crippen LogP contribution in [0.4, 0.5) is 0 Å². The van der Waals surface area contributed by atoms with Crippen molar-refractivity contribution in [1.82, 2.24) is 0 Å². The zero-order valence-electron chi connectivity index (χ0n) is 10.3. The van der Waals surface area contributed by atoms with Crippen LogP contribution in [0.1, 0.15) is 30.9 Å². The third-order valence-corrected chi connectivity index (χ3v) is 4.09. The van der Waals surface area contributed by atoms with Crippen molar-refractivity contribution in [3.8, 4) is 5.75 Å². The van der Waals surface area contributed by atoms with Gasteiger partial charge in [-0.2, -0.15) is 0 Å². The van der Waals surface area contributed by atoms with Gasteiger partial charge in [0.05, 0.1) is 6.61 Å². The molecule has 98 valence electrons. The maximum absolute atomic E-state index is 6.23. The van der Waals surface area contributed by atoms with Crippen LogP contribution < -0.4 is 10.5 Å². The van der Waals surface area contributed by atoms with Gasteiger partial charge in [0.15, 0.2) is 0 Å². The van der Waals surface area contributed by atoms with Crippen LogP contribution in [0.15, 0.2) is 18.2 Å². The molecule has 1 fully saturated rings. The summed E-state index contributed by atoms with van der Waals surface area (Å²) in [5.41, 5.74) is 7.26. The average Bonchev–Trinajstić information content (AvgIpc) is 2.40. The van der Waals surface area contributed by atoms with Gasteiger partial charge in [-0.05, 0) is 31.0 Å². The first-order valence-corrected chi connectivity index (χ1v) is 6.91. The molecule has 4 heteroatoms. The topological polar surface area (TPSA) is 44.5 Å². The molecule has 2 unspecified atom stereocenters. The molecule has 0 bridgehead atoms. The minimum atomic E-state index is 0.0133. The highest BCUT2D eigenvalue weighted by atomic mass is 35.5. The van der Waals surface area contributed by atoms with Crippen LogP contribution in [0.25, 0.3) is 0 Å². The Morgan fingerprint density at radius 1 is 1.33 bits per heavy atom. The minimum absolute atomic E-state index is 0.0133. The van der Waals surface area contributed by atoms with E-state index < -0.39 is 0 Å². The summed E-state index contributed by atoms with van der Waals surface area (Å²) in [5.74, 6) is 1.35. The van der Waals surface area contributed by atoms with E-state index in [1.165, 1.54) is 6.42 Å². The zero-order chi connectivity index (χ0) is 12.5. The van der Waals surface area contributed by atoms with Gasteiger partial charge in [-0.15, -0.1) is 0 Å². The maximum atomic E-state index is 6.23. The standard InChI is InChI=1S/C14H18ClNO2/c15-10-3-4-13-11(6-10)12(16)7-14(18-13)9-2-1-5-17-8-9/h3-4,6,9,12,14H,1-2,5,7-8,16H2/t9?,12-,14?/m1/s1. The summed E-state index contributed by atoms with van der Waals surface area (Å²) in [6.45, 7) is 1.67. The second kappa shape index (κ2) is 5.08. The van der Waals surface area contributed by atoms with Crippen molar-refractivity contribution in [3.63, 3.8) is 0 Å². The molecule has 2 aliphatic heterocycles. The van der Waals surface area contributed by atoms with Gasteiger partial charge >= 0.3 is 0 Å². The van der Waals surface area contributed by atoms with E-state index in [2.05, 4.69) is 0 Å². The summed E-state index contributed by atoms with van der Waals surface area (Å²) < 4.78 is 11.6. The predicted molar refractivity (Wildman–Crippen MR) is 71.0 cm³/mol. The van der Waals surface area contributed by atoms with Gasteiger partial charge in [0.25, 0.3) is 0 Å². The number of nitrogens with two attached hydrogens (primary N) is 1. The number of hydrogen-bond donors (Lipinski definition) is 1. The second-order valence-corrected chi connectivity index (χ2v) is 5.59. The fourth-order valence-corrected chi connectivity index (χ4v) is 3.03. The molecule has 3 rings (SSSR count). The van der Waals surface area contributed by atoms with Gasteiger partial charge in [-0.25, -0.2) is 0 Å². The van der Waals surface area contributed by atoms with Crippen LogP contribution in [0.3, 0.4) is 0 Å². The monoisotopic (exact) mass is 267 g/mol. The average molecular weight is 268 g/mol. The van der Waals surface area contributed by atoms with Crippen LogP contribution in [-0.2, 0) is 4.74 Å². The summed E-state index contributed by atoms with van der Waals surface area (Å²) in [5, 5.41) is 0.715. The number of benzene rings is 1. The molecule has 0 saturated carbocycles. The van der Waals surface area contributed by atoms with E-state index >= 15 is 0 Å². The van der Waals surface area contributed by atoms with Crippen molar-refractivity contribution >= 4 is 11.6 Å². The molecule has 1 aromatic carbocycles. The van der Waals surface area contributed by atoms with Crippen LogP contribution >= 0.6 is 11.6 Å². The van der Waals surface area contributed by atoms with E-state index in [4.69, 9.17) is 26.8 Å². The van der Waals surface area contributed by atoms with Crippen LogP contribution in [0, 0.1) is 5.92 Å². The van der Waals surface area contributed by atoms with Crippen LogP contribution in [0.2, 0.25) is 5.02 Å². The number of fused-ring (bicyclic) bond motifs is 1. The Kier molecular flexibility index (Phi) is 3.46. The van der Waals surface area contributed by atoms with Gasteiger partial charge in [0.1, 0.15) is 11.9 Å². The van der Waals surface area contributed by atoms with Crippen molar-refractivity contribution in [3.05, 3.63) is 28.8 Å². The second-order valence-electron chi connectivity index (χ2n) is 5.16. The van der Waals surface area contributed by atoms with Gasteiger partial charge in [0, 0.05) is 35.6 Å². The Morgan fingerprint density at radius 3 is 3.00 bits per heavy atom. The SMILES string of the molecule is N[C@@H]1CC(C2CCCOC2)Oc2ccc(Cl)cc21. The molecule has 18 heavy (non-hydrogen) atoms. The highest BCUT2D eigenvalue weighted by molar-refractivity contribution is 6.30. The molecule has 2 N–H and O–H groups in total. The minimum Gasteiger partial charge on any atom is -0.490 e. The molecule has 3 atom stereocenters. The molecule has 0 spiro atoms. The molecule has 0 aromatic heterocycles. The quantitative estimate of drug-likeness (QED) is 0.851. The zero-order valence-corrected chi connectivity index (χ0v) is 11.0. The lowest BCUT2D eigenvalue weighted by molar-refractivity contribution is -0.00923. The first-order valence-electron chi connectivity index (χ1n) is 6.53. The van der Waals surface area contributed by atoms with Crippen molar-refractivity contribution in [2.45, 2.75) is 31.4 Å². The summed E-state index contributed by atoms with van der Waals surface area (Å²) in [6, 6.07) is 5.70. The van der Waals surface area contributed by atoms with Crippen molar-refractivity contribution in [1.29, 1.82) is 0 Å². The first-order chi connectivity index (χ1) is 8.74. The molecule has 0 aliphatic carbocycles. The number of halogens is 1. The smallest absolute Gasteiger partial charge is 0.124 e. The lowest BCUT2D eigenvalue weighted by Crippen LogP contribution is -2.38. The number of ether oxygens (including phenoxy) is 2. The lowest BCUT2D eigenvalue weighted by Gasteiger charge is -2.36.